The lowest BCUT2D eigenvalue weighted by Gasteiger charge is -2.08. The molecule has 0 aliphatic heterocycles. The van der Waals surface area contributed by atoms with Gasteiger partial charge in [0.15, 0.2) is 11.8 Å². The lowest BCUT2D eigenvalue weighted by molar-refractivity contribution is 0.412. The Hall–Kier alpha value is -2.67. The minimum atomic E-state index is -0.0306. The molecule has 0 atom stereocenters. The van der Waals surface area contributed by atoms with Gasteiger partial charge in [0, 0.05) is 11.8 Å². The summed E-state index contributed by atoms with van der Waals surface area (Å²) in [5.41, 5.74) is 12.9. The molecule has 0 saturated heterocycles. The monoisotopic (exact) mass is 385 g/mol. The summed E-state index contributed by atoms with van der Waals surface area (Å²) < 4.78 is 6.13. The largest absolute Gasteiger partial charge is 0.496 e. The standard InChI is InChI=1S/C17H16BrN5O/c1-24-14-7-6-10(8-12(14)18)9-15-21-13-5-3-2-4-11(13)16(22-15)23-17(19)20/h2-8H,9H2,1H3,(H4,19,20,21,22,23). The maximum absolute atomic E-state index is 5.52. The Kier molecular flexibility index (Phi) is 4.61. The van der Waals surface area contributed by atoms with Crippen LogP contribution in [0.15, 0.2) is 51.9 Å². The van der Waals surface area contributed by atoms with Crippen LogP contribution in [0.3, 0.4) is 0 Å². The number of ether oxygens (including phenoxy) is 1. The molecule has 0 aliphatic rings. The van der Waals surface area contributed by atoms with Gasteiger partial charge >= 0.3 is 0 Å². The zero-order chi connectivity index (χ0) is 17.1. The quantitative estimate of drug-likeness (QED) is 0.531. The second-order valence-electron chi connectivity index (χ2n) is 5.16. The van der Waals surface area contributed by atoms with Crippen LogP contribution in [0.4, 0.5) is 5.82 Å². The van der Waals surface area contributed by atoms with Gasteiger partial charge in [-0.05, 0) is 45.8 Å². The zero-order valence-corrected chi connectivity index (χ0v) is 14.6. The van der Waals surface area contributed by atoms with Crippen LogP contribution in [0.1, 0.15) is 11.4 Å². The number of methoxy groups -OCH3 is 1. The molecule has 1 aromatic heterocycles. The number of fused-ring (bicyclic) bond motifs is 1. The molecule has 3 rings (SSSR count). The summed E-state index contributed by atoms with van der Waals surface area (Å²) in [5.74, 6) is 1.87. The van der Waals surface area contributed by atoms with Gasteiger partial charge in [-0.2, -0.15) is 4.99 Å². The van der Waals surface area contributed by atoms with Gasteiger partial charge in [-0.1, -0.05) is 18.2 Å². The van der Waals surface area contributed by atoms with Crippen molar-refractivity contribution in [2.75, 3.05) is 7.11 Å². The number of hydrogen-bond acceptors (Lipinski definition) is 4. The highest BCUT2D eigenvalue weighted by molar-refractivity contribution is 9.10. The average Bonchev–Trinajstić information content (AvgIpc) is 2.54. The minimum Gasteiger partial charge on any atom is -0.496 e. The lowest BCUT2D eigenvalue weighted by atomic mass is 10.1. The van der Waals surface area contributed by atoms with E-state index < -0.39 is 0 Å². The van der Waals surface area contributed by atoms with Crippen LogP contribution in [0.2, 0.25) is 0 Å². The molecule has 0 spiro atoms. The van der Waals surface area contributed by atoms with Crippen LogP contribution >= 0.6 is 15.9 Å². The molecule has 0 radical (unpaired) electrons. The maximum atomic E-state index is 5.52. The van der Waals surface area contributed by atoms with E-state index in [1.165, 1.54) is 0 Å². The highest BCUT2D eigenvalue weighted by atomic mass is 79.9. The van der Waals surface area contributed by atoms with Crippen molar-refractivity contribution < 1.29 is 4.74 Å². The van der Waals surface area contributed by atoms with E-state index in [1.807, 2.05) is 42.5 Å². The van der Waals surface area contributed by atoms with Crippen molar-refractivity contribution in [3.63, 3.8) is 0 Å². The lowest BCUT2D eigenvalue weighted by Crippen LogP contribution is -2.22. The zero-order valence-electron chi connectivity index (χ0n) is 13.0. The normalized spacial score (nSPS) is 10.6. The van der Waals surface area contributed by atoms with E-state index in [9.17, 15) is 0 Å². The summed E-state index contributed by atoms with van der Waals surface area (Å²) in [5, 5.41) is 0.811. The molecule has 0 saturated carbocycles. The number of rotatable bonds is 4. The summed E-state index contributed by atoms with van der Waals surface area (Å²) in [4.78, 5) is 13.2. The fourth-order valence-electron chi connectivity index (χ4n) is 2.40. The van der Waals surface area contributed by atoms with Crippen LogP contribution in [0, 0.1) is 0 Å². The molecular formula is C17H16BrN5O. The van der Waals surface area contributed by atoms with Crippen molar-refractivity contribution in [1.82, 2.24) is 9.97 Å². The molecule has 3 aromatic rings. The van der Waals surface area contributed by atoms with Crippen LogP contribution in [0.5, 0.6) is 5.75 Å². The summed E-state index contributed by atoms with van der Waals surface area (Å²) in [7, 11) is 1.63. The number of hydrogen-bond donors (Lipinski definition) is 2. The number of nitrogens with two attached hydrogens (primary N) is 2. The van der Waals surface area contributed by atoms with Gasteiger partial charge in [-0.25, -0.2) is 9.97 Å². The first kappa shape index (κ1) is 16.2. The van der Waals surface area contributed by atoms with Gasteiger partial charge in [0.05, 0.1) is 17.1 Å². The van der Waals surface area contributed by atoms with Gasteiger partial charge in [0.25, 0.3) is 0 Å². The van der Waals surface area contributed by atoms with Crippen molar-refractivity contribution in [2.45, 2.75) is 6.42 Å². The number of halogens is 1. The Bertz CT molecular complexity index is 922. The highest BCUT2D eigenvalue weighted by Crippen LogP contribution is 2.27. The molecule has 24 heavy (non-hydrogen) atoms. The predicted octanol–water partition coefficient (Wildman–Crippen LogP) is 2.90. The van der Waals surface area contributed by atoms with Gasteiger partial charge in [-0.15, -0.1) is 0 Å². The first-order valence-corrected chi connectivity index (χ1v) is 8.04. The maximum Gasteiger partial charge on any atom is 0.192 e. The summed E-state index contributed by atoms with van der Waals surface area (Å²) in [6.45, 7) is 0. The van der Waals surface area contributed by atoms with Crippen LogP contribution < -0.4 is 16.2 Å². The summed E-state index contributed by atoms with van der Waals surface area (Å²) >= 11 is 3.49. The van der Waals surface area contributed by atoms with Crippen molar-refractivity contribution in [1.29, 1.82) is 0 Å². The van der Waals surface area contributed by atoms with Gasteiger partial charge in [0.1, 0.15) is 11.6 Å². The first-order valence-electron chi connectivity index (χ1n) is 7.24. The summed E-state index contributed by atoms with van der Waals surface area (Å²) in [6.07, 6.45) is 0.556. The molecule has 2 aromatic carbocycles. The smallest absolute Gasteiger partial charge is 0.192 e. The molecule has 6 nitrogen and oxygen atoms in total. The van der Waals surface area contributed by atoms with Crippen molar-refractivity contribution in [3.8, 4) is 5.75 Å². The fraction of sp³-hybridized carbons (Fsp3) is 0.118. The van der Waals surface area contributed by atoms with Crippen molar-refractivity contribution in [3.05, 3.63) is 58.3 Å². The number of aliphatic imine (C=N–C) groups is 1. The molecule has 4 N–H and O–H groups in total. The molecule has 0 amide bonds. The second kappa shape index (κ2) is 6.84. The molecule has 7 heteroatoms. The Morgan fingerprint density at radius 2 is 1.96 bits per heavy atom. The van der Waals surface area contributed by atoms with E-state index in [4.69, 9.17) is 16.2 Å². The second-order valence-corrected chi connectivity index (χ2v) is 6.02. The molecule has 0 unspecified atom stereocenters. The van der Waals surface area contributed by atoms with E-state index >= 15 is 0 Å². The molecule has 1 heterocycles. The van der Waals surface area contributed by atoms with E-state index in [2.05, 4.69) is 30.9 Å². The number of benzene rings is 2. The predicted molar refractivity (Wildman–Crippen MR) is 98.5 cm³/mol. The third-order valence-corrected chi connectivity index (χ3v) is 4.06. The number of nitrogens with zero attached hydrogens (tertiary/aromatic N) is 3. The van der Waals surface area contributed by atoms with E-state index in [0.29, 0.717) is 18.1 Å². The van der Waals surface area contributed by atoms with E-state index in [1.54, 1.807) is 7.11 Å². The SMILES string of the molecule is COc1ccc(Cc2nc(N=C(N)N)c3ccccc3n2)cc1Br. The van der Waals surface area contributed by atoms with E-state index in [0.717, 1.165) is 26.7 Å². The molecule has 0 aliphatic carbocycles. The number of para-hydroxylation sites is 1. The first-order chi connectivity index (χ1) is 11.6. The molecule has 0 bridgehead atoms. The highest BCUT2D eigenvalue weighted by Gasteiger charge is 2.09. The van der Waals surface area contributed by atoms with Gasteiger partial charge in [0.2, 0.25) is 0 Å². The minimum absolute atomic E-state index is 0.0306. The Labute approximate surface area is 147 Å². The Morgan fingerprint density at radius 1 is 1.17 bits per heavy atom. The van der Waals surface area contributed by atoms with Gasteiger partial charge in [-0.3, -0.25) is 0 Å². The molecule has 0 fully saturated rings. The molecular weight excluding hydrogens is 370 g/mol. The Balaban J connectivity index is 2.03. The Morgan fingerprint density at radius 3 is 2.67 bits per heavy atom. The summed E-state index contributed by atoms with van der Waals surface area (Å²) in [6, 6.07) is 13.5. The third-order valence-electron chi connectivity index (χ3n) is 3.44. The third kappa shape index (κ3) is 3.46. The van der Waals surface area contributed by atoms with Crippen molar-refractivity contribution >= 4 is 38.6 Å². The topological polar surface area (TPSA) is 99.4 Å². The van der Waals surface area contributed by atoms with E-state index in [-0.39, 0.29) is 5.96 Å². The van der Waals surface area contributed by atoms with Gasteiger partial charge < -0.3 is 16.2 Å². The molecule has 122 valence electrons. The van der Waals surface area contributed by atoms with Crippen LogP contribution in [-0.4, -0.2) is 23.0 Å². The van der Waals surface area contributed by atoms with Crippen molar-refractivity contribution in [2.24, 2.45) is 16.5 Å². The number of guanidine groups is 1. The fourth-order valence-corrected chi connectivity index (χ4v) is 2.98. The number of aromatic nitrogens is 2. The average molecular weight is 386 g/mol. The van der Waals surface area contributed by atoms with Crippen LogP contribution in [-0.2, 0) is 6.42 Å². The van der Waals surface area contributed by atoms with Crippen LogP contribution in [0.25, 0.3) is 10.9 Å².